The summed E-state index contributed by atoms with van der Waals surface area (Å²) >= 11 is 5.83. The molecule has 3 N–H and O–H groups in total. The minimum atomic E-state index is -3.80. The second kappa shape index (κ2) is 5.98. The molecule has 1 heterocycles. The second-order valence-electron chi connectivity index (χ2n) is 3.25. The maximum atomic E-state index is 11.8. The lowest BCUT2D eigenvalue weighted by molar-refractivity contribution is -0.119. The molecule has 0 unspecified atom stereocenters. The predicted octanol–water partition coefficient (Wildman–Crippen LogP) is -0.199. The minimum Gasteiger partial charge on any atom is -0.372 e. The summed E-state index contributed by atoms with van der Waals surface area (Å²) in [6.45, 7) is -0.343. The smallest absolute Gasteiger partial charge is 0.242 e. The summed E-state index contributed by atoms with van der Waals surface area (Å²) in [6, 6.07) is 1.26. The molecule has 0 bridgehead atoms. The number of sulfonamides is 1. The van der Waals surface area contributed by atoms with E-state index in [4.69, 9.17) is 11.6 Å². The summed E-state index contributed by atoms with van der Waals surface area (Å²) in [6.07, 6.45) is 1.16. The van der Waals surface area contributed by atoms with E-state index in [1.54, 1.807) is 7.05 Å². The van der Waals surface area contributed by atoms with Crippen molar-refractivity contribution in [2.45, 2.75) is 4.90 Å². The number of pyridine rings is 1. The molecule has 0 aliphatic rings. The molecule has 1 aromatic heterocycles. The standard InChI is InChI=1S/C9H13ClN4O3S/c1-11-8(15)5-14-18(16,17)6-3-7(10)9(12-2)13-4-6/h3-4,14H,5H2,1-2H3,(H,11,15)(H,12,13). The van der Waals surface area contributed by atoms with E-state index < -0.39 is 15.9 Å². The van der Waals surface area contributed by atoms with Crippen molar-refractivity contribution in [1.82, 2.24) is 15.0 Å². The van der Waals surface area contributed by atoms with Crippen LogP contribution in [0.25, 0.3) is 0 Å². The lowest BCUT2D eigenvalue weighted by atomic mass is 10.4. The summed E-state index contributed by atoms with van der Waals surface area (Å²) < 4.78 is 25.7. The molecule has 18 heavy (non-hydrogen) atoms. The normalized spacial score (nSPS) is 11.1. The van der Waals surface area contributed by atoms with Gasteiger partial charge in [-0.1, -0.05) is 11.6 Å². The molecule has 0 fully saturated rings. The second-order valence-corrected chi connectivity index (χ2v) is 5.42. The highest BCUT2D eigenvalue weighted by Gasteiger charge is 2.17. The number of hydrogen-bond donors (Lipinski definition) is 3. The van der Waals surface area contributed by atoms with Crippen LogP contribution in [0.1, 0.15) is 0 Å². The molecule has 0 saturated carbocycles. The zero-order valence-corrected chi connectivity index (χ0v) is 11.4. The molecule has 7 nitrogen and oxygen atoms in total. The van der Waals surface area contributed by atoms with Gasteiger partial charge in [0.05, 0.1) is 11.6 Å². The van der Waals surface area contributed by atoms with Crippen molar-refractivity contribution in [2.24, 2.45) is 0 Å². The fraction of sp³-hybridized carbons (Fsp3) is 0.333. The molecular formula is C9H13ClN4O3S. The Kier molecular flexibility index (Phi) is 4.88. The number of anilines is 1. The first-order chi connectivity index (χ1) is 8.40. The van der Waals surface area contributed by atoms with Crippen molar-refractivity contribution in [3.63, 3.8) is 0 Å². The zero-order chi connectivity index (χ0) is 13.8. The van der Waals surface area contributed by atoms with E-state index in [1.807, 2.05) is 0 Å². The molecule has 9 heteroatoms. The molecule has 1 rings (SSSR count). The average molecular weight is 293 g/mol. The molecule has 1 amide bonds. The van der Waals surface area contributed by atoms with Crippen molar-refractivity contribution >= 4 is 33.3 Å². The van der Waals surface area contributed by atoms with E-state index in [2.05, 4.69) is 20.3 Å². The number of aromatic nitrogens is 1. The highest BCUT2D eigenvalue weighted by atomic mass is 35.5. The van der Waals surface area contributed by atoms with Crippen LogP contribution in [-0.2, 0) is 14.8 Å². The summed E-state index contributed by atoms with van der Waals surface area (Å²) in [4.78, 5) is 14.7. The first-order valence-electron chi connectivity index (χ1n) is 4.94. The molecule has 0 radical (unpaired) electrons. The van der Waals surface area contributed by atoms with Crippen molar-refractivity contribution in [2.75, 3.05) is 26.0 Å². The van der Waals surface area contributed by atoms with Gasteiger partial charge in [-0.05, 0) is 6.07 Å². The van der Waals surface area contributed by atoms with Crippen LogP contribution in [-0.4, -0.2) is 39.9 Å². The summed E-state index contributed by atoms with van der Waals surface area (Å²) in [7, 11) is -0.768. The lowest BCUT2D eigenvalue weighted by Crippen LogP contribution is -2.35. The number of rotatable bonds is 5. The van der Waals surface area contributed by atoms with Gasteiger partial charge in [-0.2, -0.15) is 0 Å². The van der Waals surface area contributed by atoms with Crippen LogP contribution in [0.15, 0.2) is 17.2 Å². The van der Waals surface area contributed by atoms with Crippen LogP contribution in [0.2, 0.25) is 5.02 Å². The Hall–Kier alpha value is -1.38. The Balaban J connectivity index is 2.92. The first-order valence-corrected chi connectivity index (χ1v) is 6.80. The van der Waals surface area contributed by atoms with Gasteiger partial charge < -0.3 is 10.6 Å². The summed E-state index contributed by atoms with van der Waals surface area (Å²) in [5, 5.41) is 5.19. The van der Waals surface area contributed by atoms with Gasteiger partial charge in [0.25, 0.3) is 0 Å². The van der Waals surface area contributed by atoms with Gasteiger partial charge in [0.15, 0.2) is 0 Å². The van der Waals surface area contributed by atoms with E-state index in [1.165, 1.54) is 13.1 Å². The number of nitrogens with zero attached hydrogens (tertiary/aromatic N) is 1. The Morgan fingerprint density at radius 3 is 2.61 bits per heavy atom. The van der Waals surface area contributed by atoms with Crippen molar-refractivity contribution in [3.8, 4) is 0 Å². The van der Waals surface area contributed by atoms with Crippen molar-refractivity contribution in [3.05, 3.63) is 17.3 Å². The molecule has 1 aromatic rings. The molecule has 100 valence electrons. The number of likely N-dealkylation sites (N-methyl/N-ethyl adjacent to an activating group) is 1. The van der Waals surface area contributed by atoms with E-state index in [0.29, 0.717) is 5.82 Å². The molecule has 0 atom stereocenters. The Morgan fingerprint density at radius 1 is 1.44 bits per heavy atom. The van der Waals surface area contributed by atoms with Crippen LogP contribution in [0.4, 0.5) is 5.82 Å². The third kappa shape index (κ3) is 3.56. The SMILES string of the molecule is CNC(=O)CNS(=O)(=O)c1cnc(NC)c(Cl)c1. The van der Waals surface area contributed by atoms with E-state index in [9.17, 15) is 13.2 Å². The van der Waals surface area contributed by atoms with Crippen LogP contribution in [0.3, 0.4) is 0 Å². The lowest BCUT2D eigenvalue weighted by Gasteiger charge is -2.07. The number of amides is 1. The van der Waals surface area contributed by atoms with Gasteiger partial charge in [-0.25, -0.2) is 18.1 Å². The summed E-state index contributed by atoms with van der Waals surface area (Å²) in [5.74, 6) is -0.0635. The number of carbonyl (C=O) groups is 1. The number of halogens is 1. The molecular weight excluding hydrogens is 280 g/mol. The van der Waals surface area contributed by atoms with Crippen molar-refractivity contribution < 1.29 is 13.2 Å². The van der Waals surface area contributed by atoms with E-state index in [-0.39, 0.29) is 16.5 Å². The highest BCUT2D eigenvalue weighted by Crippen LogP contribution is 2.21. The van der Waals surface area contributed by atoms with Gasteiger partial charge in [0.1, 0.15) is 10.7 Å². The zero-order valence-electron chi connectivity index (χ0n) is 9.82. The predicted molar refractivity (Wildman–Crippen MR) is 68.0 cm³/mol. The van der Waals surface area contributed by atoms with Gasteiger partial charge in [0, 0.05) is 20.3 Å². The first kappa shape index (κ1) is 14.7. The minimum absolute atomic E-state index is 0.101. The van der Waals surface area contributed by atoms with Crippen LogP contribution < -0.4 is 15.4 Å². The molecule has 0 spiro atoms. The number of carbonyl (C=O) groups excluding carboxylic acids is 1. The maximum Gasteiger partial charge on any atom is 0.242 e. The number of nitrogens with one attached hydrogen (secondary N) is 3. The third-order valence-electron chi connectivity index (χ3n) is 2.06. The quantitative estimate of drug-likeness (QED) is 0.698. The fourth-order valence-corrected chi connectivity index (χ4v) is 2.36. The van der Waals surface area contributed by atoms with Crippen LogP contribution in [0.5, 0.6) is 0 Å². The van der Waals surface area contributed by atoms with Crippen LogP contribution >= 0.6 is 11.6 Å². The van der Waals surface area contributed by atoms with Gasteiger partial charge >= 0.3 is 0 Å². The van der Waals surface area contributed by atoms with Gasteiger partial charge in [0.2, 0.25) is 15.9 Å². The van der Waals surface area contributed by atoms with E-state index >= 15 is 0 Å². The third-order valence-corrected chi connectivity index (χ3v) is 3.72. The fourth-order valence-electron chi connectivity index (χ4n) is 1.08. The monoisotopic (exact) mass is 292 g/mol. The van der Waals surface area contributed by atoms with Gasteiger partial charge in [-0.15, -0.1) is 0 Å². The Bertz CT molecular complexity index is 547. The highest BCUT2D eigenvalue weighted by molar-refractivity contribution is 7.89. The Morgan fingerprint density at radius 2 is 2.11 bits per heavy atom. The maximum absolute atomic E-state index is 11.8. The molecule has 0 aromatic carbocycles. The largest absolute Gasteiger partial charge is 0.372 e. The topological polar surface area (TPSA) is 100 Å². The van der Waals surface area contributed by atoms with Crippen molar-refractivity contribution in [1.29, 1.82) is 0 Å². The molecule has 0 aliphatic carbocycles. The van der Waals surface area contributed by atoms with Crippen LogP contribution in [0, 0.1) is 0 Å². The Labute approximate surface area is 110 Å². The molecule has 0 aliphatic heterocycles. The average Bonchev–Trinajstić information content (AvgIpc) is 2.35. The number of hydrogen-bond acceptors (Lipinski definition) is 5. The van der Waals surface area contributed by atoms with Gasteiger partial charge in [-0.3, -0.25) is 4.79 Å². The molecule has 0 saturated heterocycles. The van der Waals surface area contributed by atoms with E-state index in [0.717, 1.165) is 6.20 Å². The summed E-state index contributed by atoms with van der Waals surface area (Å²) in [5.41, 5.74) is 0.